The summed E-state index contributed by atoms with van der Waals surface area (Å²) in [6, 6.07) is 6.94. The van der Waals surface area contributed by atoms with Gasteiger partial charge in [0.05, 0.1) is 18.8 Å². The van der Waals surface area contributed by atoms with E-state index in [0.29, 0.717) is 24.3 Å². The van der Waals surface area contributed by atoms with E-state index >= 15 is 0 Å². The Morgan fingerprint density at radius 1 is 1.29 bits per heavy atom. The predicted octanol–water partition coefficient (Wildman–Crippen LogP) is 3.43. The van der Waals surface area contributed by atoms with Crippen LogP contribution in [0, 0.1) is 10.7 Å². The maximum absolute atomic E-state index is 13.2. The lowest BCUT2D eigenvalue weighted by Crippen LogP contribution is -2.38. The van der Waals surface area contributed by atoms with Gasteiger partial charge in [0.15, 0.2) is 10.4 Å². The van der Waals surface area contributed by atoms with Gasteiger partial charge in [-0.3, -0.25) is 14.3 Å². The van der Waals surface area contributed by atoms with E-state index in [1.165, 1.54) is 6.33 Å². The van der Waals surface area contributed by atoms with Crippen LogP contribution in [0.3, 0.4) is 0 Å². The Hall–Kier alpha value is -2.46. The predicted molar refractivity (Wildman–Crippen MR) is 101 cm³/mol. The van der Waals surface area contributed by atoms with Crippen molar-refractivity contribution in [3.8, 4) is 0 Å². The van der Waals surface area contributed by atoms with Crippen LogP contribution in [0.15, 0.2) is 35.4 Å². The van der Waals surface area contributed by atoms with Gasteiger partial charge >= 0.3 is 6.18 Å². The number of nitrogens with zero attached hydrogens (tertiary/aromatic N) is 2. The van der Waals surface area contributed by atoms with Crippen molar-refractivity contribution in [2.45, 2.75) is 31.6 Å². The van der Waals surface area contributed by atoms with Crippen molar-refractivity contribution in [2.75, 3.05) is 6.54 Å². The Morgan fingerprint density at radius 3 is 2.86 bits per heavy atom. The fourth-order valence-corrected chi connectivity index (χ4v) is 4.01. The number of hydrogen-bond donors (Lipinski definition) is 3. The van der Waals surface area contributed by atoms with Gasteiger partial charge in [0, 0.05) is 6.04 Å². The van der Waals surface area contributed by atoms with Crippen LogP contribution in [0.2, 0.25) is 0 Å². The lowest BCUT2D eigenvalue weighted by atomic mass is 9.86. The van der Waals surface area contributed by atoms with Crippen LogP contribution >= 0.6 is 12.2 Å². The molecule has 1 aliphatic rings. The molecule has 3 heterocycles. The Morgan fingerprint density at radius 2 is 2.07 bits per heavy atom. The molecule has 1 aromatic carbocycles. The van der Waals surface area contributed by atoms with E-state index in [0.717, 1.165) is 11.1 Å². The van der Waals surface area contributed by atoms with Crippen molar-refractivity contribution < 1.29 is 13.2 Å². The number of fused-ring (bicyclic) bond motifs is 1. The molecule has 1 saturated heterocycles. The first kappa shape index (κ1) is 18.9. The molecule has 0 spiro atoms. The number of rotatable bonds is 3. The maximum Gasteiger partial charge on any atom is 0.391 e. The van der Waals surface area contributed by atoms with Crippen molar-refractivity contribution >= 4 is 23.4 Å². The summed E-state index contributed by atoms with van der Waals surface area (Å²) in [5.41, 5.74) is 1.99. The van der Waals surface area contributed by atoms with Crippen molar-refractivity contribution in [2.24, 2.45) is 5.92 Å². The first-order valence-corrected chi connectivity index (χ1v) is 9.29. The van der Waals surface area contributed by atoms with Crippen LogP contribution in [-0.2, 0) is 6.54 Å². The third-order valence-electron chi connectivity index (χ3n) is 5.19. The number of nitrogens with one attached hydrogen (secondary N) is 3. The Bertz CT molecular complexity index is 1120. The molecular formula is C18H18F3N5OS. The summed E-state index contributed by atoms with van der Waals surface area (Å²) in [6.07, 6.45) is -2.71. The normalized spacial score (nSPS) is 20.5. The molecule has 148 valence electrons. The molecule has 2 aromatic heterocycles. The topological polar surface area (TPSA) is 78.5 Å². The largest absolute Gasteiger partial charge is 0.391 e. The van der Waals surface area contributed by atoms with Gasteiger partial charge in [0.1, 0.15) is 5.52 Å². The number of piperidine rings is 1. The Labute approximate surface area is 162 Å². The smallest absolute Gasteiger partial charge is 0.339 e. The van der Waals surface area contributed by atoms with Gasteiger partial charge in [-0.2, -0.15) is 13.2 Å². The van der Waals surface area contributed by atoms with E-state index in [1.807, 2.05) is 24.3 Å². The number of H-pyrrole nitrogens is 2. The van der Waals surface area contributed by atoms with E-state index in [2.05, 4.69) is 20.3 Å². The van der Waals surface area contributed by atoms with Crippen LogP contribution in [0.4, 0.5) is 13.2 Å². The van der Waals surface area contributed by atoms with E-state index in [1.54, 1.807) is 4.57 Å². The zero-order valence-electron chi connectivity index (χ0n) is 14.7. The molecule has 10 heteroatoms. The molecule has 0 amide bonds. The minimum atomic E-state index is -4.20. The fraction of sp³-hybridized carbons (Fsp3) is 0.389. The molecule has 0 aliphatic carbocycles. The van der Waals surface area contributed by atoms with Crippen molar-refractivity contribution in [3.05, 3.63) is 56.8 Å². The summed E-state index contributed by atoms with van der Waals surface area (Å²) < 4.78 is 41.5. The third-order valence-corrected chi connectivity index (χ3v) is 5.52. The average molecular weight is 409 g/mol. The molecule has 0 saturated carbocycles. The number of alkyl halides is 3. The number of benzene rings is 1. The summed E-state index contributed by atoms with van der Waals surface area (Å²) >= 11 is 5.29. The molecule has 0 unspecified atom stereocenters. The van der Waals surface area contributed by atoms with Crippen LogP contribution in [-0.4, -0.2) is 32.2 Å². The van der Waals surface area contributed by atoms with Crippen LogP contribution in [0.25, 0.3) is 11.2 Å². The van der Waals surface area contributed by atoms with E-state index in [-0.39, 0.29) is 23.2 Å². The molecular weight excluding hydrogens is 391 g/mol. The van der Waals surface area contributed by atoms with Crippen LogP contribution < -0.4 is 10.9 Å². The highest BCUT2D eigenvalue weighted by Crippen LogP contribution is 2.39. The summed E-state index contributed by atoms with van der Waals surface area (Å²) in [5.74, 6) is -1.32. The SMILES string of the molecule is O=c1[nH]c(=S)n(Cc2ccccc2[C@H]2C[C@H](C(F)(F)F)CCN2)c2nc[nH]c12. The number of imidazole rings is 1. The molecule has 4 rings (SSSR count). The second-order valence-corrected chi connectivity index (χ2v) is 7.30. The second kappa shape index (κ2) is 7.17. The van der Waals surface area contributed by atoms with E-state index < -0.39 is 18.1 Å². The molecule has 3 N–H and O–H groups in total. The van der Waals surface area contributed by atoms with Crippen molar-refractivity contribution in [1.82, 2.24) is 24.8 Å². The number of hydrogen-bond acceptors (Lipinski definition) is 4. The maximum atomic E-state index is 13.2. The van der Waals surface area contributed by atoms with Gasteiger partial charge in [0.2, 0.25) is 0 Å². The average Bonchev–Trinajstić information content (AvgIpc) is 3.15. The fourth-order valence-electron chi connectivity index (χ4n) is 3.77. The minimum absolute atomic E-state index is 0.00461. The molecule has 1 fully saturated rings. The monoisotopic (exact) mass is 409 g/mol. The highest BCUT2D eigenvalue weighted by Gasteiger charge is 2.42. The molecule has 2 atom stereocenters. The third kappa shape index (κ3) is 3.49. The zero-order valence-corrected chi connectivity index (χ0v) is 15.5. The lowest BCUT2D eigenvalue weighted by Gasteiger charge is -2.33. The number of aromatic nitrogens is 4. The first-order chi connectivity index (χ1) is 13.3. The van der Waals surface area contributed by atoms with E-state index in [4.69, 9.17) is 12.2 Å². The number of aromatic amines is 2. The highest BCUT2D eigenvalue weighted by molar-refractivity contribution is 7.71. The first-order valence-electron chi connectivity index (χ1n) is 8.88. The van der Waals surface area contributed by atoms with Gasteiger partial charge in [0.25, 0.3) is 5.56 Å². The summed E-state index contributed by atoms with van der Waals surface area (Å²) in [6.45, 7) is 0.604. The van der Waals surface area contributed by atoms with Crippen LogP contribution in [0.5, 0.6) is 0 Å². The van der Waals surface area contributed by atoms with Gasteiger partial charge in [-0.15, -0.1) is 0 Å². The molecule has 6 nitrogen and oxygen atoms in total. The van der Waals surface area contributed by atoms with Crippen molar-refractivity contribution in [1.29, 1.82) is 0 Å². The minimum Gasteiger partial charge on any atom is -0.339 e. The lowest BCUT2D eigenvalue weighted by molar-refractivity contribution is -0.183. The molecule has 3 aromatic rings. The summed E-state index contributed by atoms with van der Waals surface area (Å²) in [5, 5.41) is 3.20. The van der Waals surface area contributed by atoms with Crippen LogP contribution in [0.1, 0.15) is 30.0 Å². The van der Waals surface area contributed by atoms with Gasteiger partial charge in [-0.1, -0.05) is 24.3 Å². The van der Waals surface area contributed by atoms with Gasteiger partial charge < -0.3 is 10.3 Å². The standard InChI is InChI=1S/C18H18F3N5OS/c19-18(20,21)11-5-6-22-13(7-11)12-4-2-1-3-10(12)8-26-15-14(23-9-24-15)16(27)25-17(26)28/h1-4,9,11,13,22H,5-8H2,(H,23,24)(H,25,27,28)/t11-,13-/m1/s1. The summed E-state index contributed by atoms with van der Waals surface area (Å²) in [7, 11) is 0. The Balaban J connectivity index is 1.71. The van der Waals surface area contributed by atoms with E-state index in [9.17, 15) is 18.0 Å². The van der Waals surface area contributed by atoms with Gasteiger partial charge in [-0.05, 0) is 42.7 Å². The second-order valence-electron chi connectivity index (χ2n) is 6.92. The zero-order chi connectivity index (χ0) is 19.9. The molecule has 1 aliphatic heterocycles. The highest BCUT2D eigenvalue weighted by atomic mass is 32.1. The quantitative estimate of drug-likeness (QED) is 0.579. The van der Waals surface area contributed by atoms with Crippen molar-refractivity contribution in [3.63, 3.8) is 0 Å². The van der Waals surface area contributed by atoms with Gasteiger partial charge in [-0.25, -0.2) is 4.98 Å². The number of halogens is 3. The Kier molecular flexibility index (Phi) is 4.84. The molecule has 28 heavy (non-hydrogen) atoms. The molecule has 0 bridgehead atoms. The molecule has 0 radical (unpaired) electrons. The summed E-state index contributed by atoms with van der Waals surface area (Å²) in [4.78, 5) is 21.5.